The van der Waals surface area contributed by atoms with Crippen molar-refractivity contribution in [2.45, 2.75) is 79.1 Å². The van der Waals surface area contributed by atoms with Gasteiger partial charge in [-0.3, -0.25) is 96.9 Å². The van der Waals surface area contributed by atoms with E-state index in [9.17, 15) is 109 Å². The maximum absolute atomic E-state index is 13.3. The smallest absolute Gasteiger partial charge is 1.00 e. The molecule has 4 amide bonds. The normalized spacial score (nSPS) is 11.4. The Morgan fingerprint density at radius 1 is 0.387 bits per heavy atom. The SMILES string of the molecule is CCc1c(CC)c2cc3nc(cnc4cc(OCCC(=O)NCCOCCNC(=O)CN(CCN(CCN(CC(=O)O)CC(=O)O)CC(=O)O)CC(=O)O)c(OCCC(=O)NCCOCCNC(=O)CN(CCN(CCN(CC(=O)O)CC(=O)O)CC(=O)O)CC(=O)O)cc4ncc4nc(cc1[n-]2)C(CCCO)=C4C)C(C)=C3CCCO.[Cl-].[Cl-].[Gd+3].[Gd+3].[Lu].[Na].[Na]. The van der Waals surface area contributed by atoms with Crippen LogP contribution >= 0.6 is 0 Å². The van der Waals surface area contributed by atoms with E-state index in [1.165, 1.54) is 19.6 Å². The minimum atomic E-state index is -1.29. The van der Waals surface area contributed by atoms with Crippen molar-refractivity contribution in [3.8, 4) is 11.5 Å². The summed E-state index contributed by atoms with van der Waals surface area (Å²) in [6.07, 6.45) is 6.10. The first-order valence-corrected chi connectivity index (χ1v) is 38.1. The van der Waals surface area contributed by atoms with Gasteiger partial charge in [0, 0.05) is 200 Å². The van der Waals surface area contributed by atoms with E-state index in [2.05, 4.69) is 35.1 Å². The quantitative estimate of drug-likeness (QED) is 0.0184. The molecule has 2 aliphatic heterocycles. The van der Waals surface area contributed by atoms with Gasteiger partial charge >= 0.3 is 128 Å². The van der Waals surface area contributed by atoms with Gasteiger partial charge in [-0.2, -0.15) is 0 Å². The van der Waals surface area contributed by atoms with E-state index in [1.807, 2.05) is 26.0 Å². The van der Waals surface area contributed by atoms with Crippen LogP contribution in [0.15, 0.2) is 36.7 Å². The molecule has 3 aromatic rings. The summed E-state index contributed by atoms with van der Waals surface area (Å²) in [5.74, 6) is -12.1. The molecule has 0 unspecified atom stereocenters. The second-order valence-corrected chi connectivity index (χ2v) is 27.1. The Morgan fingerprint density at radius 3 is 0.927 bits per heavy atom. The van der Waals surface area contributed by atoms with Gasteiger partial charge in [-0.1, -0.05) is 37.1 Å². The summed E-state index contributed by atoms with van der Waals surface area (Å²) in [6, 6.07) is 7.06. The van der Waals surface area contributed by atoms with Crippen LogP contribution in [0.5, 0.6) is 11.5 Å². The number of ether oxygens (including phenoxy) is 4. The molecule has 124 heavy (non-hydrogen) atoms. The molecule has 48 heteroatoms. The number of amides is 4. The molecule has 0 atom stereocenters. The van der Waals surface area contributed by atoms with Crippen molar-refractivity contribution in [1.82, 2.24) is 75.6 Å². The minimum absolute atomic E-state index is 0. The van der Waals surface area contributed by atoms with E-state index >= 15 is 0 Å². The van der Waals surface area contributed by atoms with Crippen LogP contribution in [-0.4, -0.2) is 428 Å². The summed E-state index contributed by atoms with van der Waals surface area (Å²) < 4.78 is 23.8. The zero-order valence-electron chi connectivity index (χ0n) is 70.0. The van der Waals surface area contributed by atoms with Crippen molar-refractivity contribution in [3.63, 3.8) is 0 Å². The van der Waals surface area contributed by atoms with Crippen LogP contribution < -0.4 is 60.5 Å². The molecule has 2 aromatic heterocycles. The van der Waals surface area contributed by atoms with Gasteiger partial charge < -0.3 is 121 Å². The first-order chi connectivity index (χ1) is 55.9. The number of nitrogens with one attached hydrogen (secondary N) is 4. The van der Waals surface area contributed by atoms with E-state index < -0.39 is 137 Å². The van der Waals surface area contributed by atoms with Crippen LogP contribution in [0.1, 0.15) is 100 Å². The summed E-state index contributed by atoms with van der Waals surface area (Å²) in [4.78, 5) is 177. The molecular weight excluding hydrogens is 2150 g/mol. The molecule has 0 saturated carbocycles. The number of carbonyl (C=O) groups is 12. The van der Waals surface area contributed by atoms with Crippen LogP contribution in [0.25, 0.3) is 44.4 Å². The van der Waals surface area contributed by atoms with Crippen LogP contribution in [0.3, 0.4) is 0 Å². The van der Waals surface area contributed by atoms with Gasteiger partial charge in [0.2, 0.25) is 23.6 Å². The van der Waals surface area contributed by atoms with Gasteiger partial charge in [-0.25, -0.2) is 9.97 Å². The number of carboxylic acids is 8. The number of allylic oxidation sites excluding steroid dienone is 4. The molecule has 0 spiro atoms. The zero-order valence-corrected chi connectivity index (χ0v) is 81.7. The molecule has 4 heterocycles. The van der Waals surface area contributed by atoms with Crippen LogP contribution in [0.2, 0.25) is 0 Å². The Hall–Kier alpha value is -4.56. The average Bonchev–Trinajstić information content (AvgIpc) is 1.62. The number of rotatable bonds is 60. The number of aliphatic hydroxyl groups excluding tert-OH is 2. The molecule has 0 aliphatic carbocycles. The van der Waals surface area contributed by atoms with Crippen molar-refractivity contribution in [3.05, 3.63) is 70.6 Å². The summed E-state index contributed by atoms with van der Waals surface area (Å²) in [6.45, 7) is 1.16. The fourth-order valence-electron chi connectivity index (χ4n) is 12.5. The van der Waals surface area contributed by atoms with Gasteiger partial charge in [-0.05, 0) is 74.7 Å². The number of aliphatic carboxylic acids is 8. The van der Waals surface area contributed by atoms with Crippen LogP contribution in [0, 0.1) is 117 Å². The zero-order chi connectivity index (χ0) is 85.9. The third-order valence-corrected chi connectivity index (χ3v) is 18.1. The number of aryl methyl sites for hydroxylation is 2. The average molecular weight is 2250 g/mol. The van der Waals surface area contributed by atoms with Gasteiger partial charge in [0.1, 0.15) is 0 Å². The molecule has 6 bridgehead atoms. The number of nitrogens with zero attached hydrogens (tertiary/aromatic N) is 11. The predicted molar refractivity (Wildman–Crippen MR) is 432 cm³/mol. The number of carboxylic acid groups (broad SMARTS) is 8. The number of aliphatic hydroxyl groups is 2. The van der Waals surface area contributed by atoms with E-state index in [1.54, 1.807) is 24.5 Å². The van der Waals surface area contributed by atoms with E-state index in [4.69, 9.17) is 43.9 Å². The Morgan fingerprint density at radius 2 is 0.653 bits per heavy atom. The summed E-state index contributed by atoms with van der Waals surface area (Å²) in [5.41, 5.74) is 9.94. The van der Waals surface area contributed by atoms with E-state index in [0.29, 0.717) is 61.3 Å². The minimum Gasteiger partial charge on any atom is -1.00 e. The van der Waals surface area contributed by atoms with Gasteiger partial charge in [-0.15, -0.1) is 11.0 Å². The number of fused-ring (bicyclic) bond motifs is 7. The Labute approximate surface area is 867 Å². The standard InChI is InChI=1S/C76H109N15O26.2ClH.2Gd.Lu.2Na/c1-5-51-52(6-2)56-34-58-54(10-8-26-93)50(4)62(85-58)38-82-60-36-64(117-28-12-66(95)78-14-30-115-32-16-80-68(97)40-89(44-72(104)105)22-18-87(42-70(100)101)20-24-91(47-75(110)111)48-76(112)113)63(35-59(60)81-37-61-49(3)53(9-7-25-92)57(84-61)33-55(51)83-56)116-27-11-65(94)77-13-29-114-31-15-79-67(96)39-88(43-71(102)103)21-17-86(41-69(98)99)19-23-90(45-73(106)107)46-74(108)109;;;;;;;/h33-38,92-93H,5-32,39-48H2,1-4H3,(H13,77,78,79,80,81,82,83,84,85,94,95,96,97,98,99,100,101,102,103,104,105,106,107,108,109,110,111,112,113);2*1H;;;;;/q;;;2*+3;;;/p-3. The van der Waals surface area contributed by atoms with Crippen molar-refractivity contribution >= 4 is 175 Å². The molecule has 687 valence electrons. The Balaban J connectivity index is -0.0000209. The molecule has 41 nitrogen and oxygen atoms in total. The maximum Gasteiger partial charge on any atom is 3.00 e. The number of hydrogen-bond acceptors (Lipinski definition) is 28. The Bertz CT molecular complexity index is 3960. The fourth-order valence-corrected chi connectivity index (χ4v) is 12.5. The third kappa shape index (κ3) is 48.4. The monoisotopic (exact) mass is 2250 g/mol. The summed E-state index contributed by atoms with van der Waals surface area (Å²) >= 11 is 0. The van der Waals surface area contributed by atoms with Gasteiger partial charge in [0.15, 0.2) is 11.5 Å². The van der Waals surface area contributed by atoms with Crippen molar-refractivity contribution in [2.24, 2.45) is 0 Å². The van der Waals surface area contributed by atoms with E-state index in [0.717, 1.165) is 54.3 Å². The largest absolute Gasteiger partial charge is 3.00 e. The molecule has 5 radical (unpaired) electrons. The summed E-state index contributed by atoms with van der Waals surface area (Å²) in [5, 5.41) is 106. The molecular formula is C76H108Cl2Gd2LuN15Na2O26+3. The number of carbonyl (C=O) groups excluding carboxylic acids is 4. The molecule has 2 aliphatic rings. The number of aromatic nitrogens is 5. The van der Waals surface area contributed by atoms with Gasteiger partial charge in [0.25, 0.3) is 0 Å². The second-order valence-electron chi connectivity index (χ2n) is 27.1. The number of benzene rings is 1. The molecule has 5 rings (SSSR count). The van der Waals surface area contributed by atoms with Crippen molar-refractivity contribution in [2.75, 3.05) is 197 Å². The maximum atomic E-state index is 13.3. The fraction of sp³-hybridized carbons (Fsp3) is 0.553. The first-order valence-electron chi connectivity index (χ1n) is 38.1. The molecule has 14 N–H and O–H groups in total. The number of hydrogen-bond donors (Lipinski definition) is 14. The molecule has 0 fully saturated rings. The van der Waals surface area contributed by atoms with Gasteiger partial charge in [0.05, 0.1) is 164 Å². The van der Waals surface area contributed by atoms with Crippen molar-refractivity contribution in [1.29, 1.82) is 0 Å². The predicted octanol–water partition coefficient (Wildman–Crippen LogP) is -7.73. The second kappa shape index (κ2) is 68.5. The third-order valence-electron chi connectivity index (χ3n) is 18.1. The molecule has 1 aromatic carbocycles. The van der Waals surface area contributed by atoms with Crippen LogP contribution in [-0.2, 0) is 79.8 Å². The Kier molecular flexibility index (Phi) is 68.3. The number of halogens is 2. The molecule has 0 saturated heterocycles. The van der Waals surface area contributed by atoms with Crippen molar-refractivity contribution < 1.29 is 269 Å². The topological polar surface area (TPSA) is 577 Å². The summed E-state index contributed by atoms with van der Waals surface area (Å²) in [7, 11) is 0. The first kappa shape index (κ1) is 124. The van der Waals surface area contributed by atoms with E-state index in [-0.39, 0.29) is 367 Å². The van der Waals surface area contributed by atoms with Crippen LogP contribution in [0.4, 0.5) is 0 Å².